The number of carbonyl (C=O) groups is 1. The molecule has 6 nitrogen and oxygen atoms in total. The summed E-state index contributed by atoms with van der Waals surface area (Å²) in [6, 6.07) is 9.89. The van der Waals surface area contributed by atoms with Crippen molar-refractivity contribution in [3.63, 3.8) is 0 Å². The SMILES string of the molecule is Cc1ccc(S(=O)(=O)N(C)C)cc1NC(=O)c1oc2c(Cl)cccc2c1C. The second kappa shape index (κ2) is 6.99. The molecule has 0 bridgehead atoms. The van der Waals surface area contributed by atoms with Crippen molar-refractivity contribution < 1.29 is 17.6 Å². The van der Waals surface area contributed by atoms with Gasteiger partial charge in [0.15, 0.2) is 11.3 Å². The molecule has 0 saturated heterocycles. The monoisotopic (exact) mass is 406 g/mol. The first-order valence-corrected chi connectivity index (χ1v) is 9.97. The molecule has 0 aliphatic rings. The van der Waals surface area contributed by atoms with Crippen molar-refractivity contribution in [3.8, 4) is 0 Å². The van der Waals surface area contributed by atoms with Gasteiger partial charge in [-0.25, -0.2) is 12.7 Å². The molecule has 1 N–H and O–H groups in total. The average molecular weight is 407 g/mol. The number of furan rings is 1. The number of aryl methyl sites for hydroxylation is 2. The first-order chi connectivity index (χ1) is 12.6. The largest absolute Gasteiger partial charge is 0.449 e. The van der Waals surface area contributed by atoms with Gasteiger partial charge in [0.25, 0.3) is 5.91 Å². The van der Waals surface area contributed by atoms with E-state index in [1.807, 2.05) is 6.07 Å². The second-order valence-corrected chi connectivity index (χ2v) is 8.95. The lowest BCUT2D eigenvalue weighted by molar-refractivity contribution is 0.0998. The second-order valence-electron chi connectivity index (χ2n) is 6.39. The number of hydrogen-bond acceptors (Lipinski definition) is 4. The maximum atomic E-state index is 12.8. The Morgan fingerprint density at radius 1 is 1.15 bits per heavy atom. The molecule has 3 aromatic rings. The van der Waals surface area contributed by atoms with E-state index in [1.165, 1.54) is 26.2 Å². The molecule has 0 fully saturated rings. The van der Waals surface area contributed by atoms with Crippen LogP contribution in [-0.2, 0) is 10.0 Å². The van der Waals surface area contributed by atoms with Crippen molar-refractivity contribution in [2.45, 2.75) is 18.7 Å². The molecule has 27 heavy (non-hydrogen) atoms. The number of fused-ring (bicyclic) bond motifs is 1. The summed E-state index contributed by atoms with van der Waals surface area (Å²) in [5.74, 6) is -0.333. The van der Waals surface area contributed by atoms with Crippen LogP contribution in [0.15, 0.2) is 45.7 Å². The molecule has 0 radical (unpaired) electrons. The van der Waals surface area contributed by atoms with E-state index in [1.54, 1.807) is 32.0 Å². The molecule has 1 amide bonds. The number of carbonyl (C=O) groups excluding carboxylic acids is 1. The summed E-state index contributed by atoms with van der Waals surface area (Å²) in [4.78, 5) is 12.9. The summed E-state index contributed by atoms with van der Waals surface area (Å²) in [7, 11) is -0.703. The van der Waals surface area contributed by atoms with Gasteiger partial charge in [-0.05, 0) is 37.6 Å². The average Bonchev–Trinajstić information content (AvgIpc) is 2.95. The molecule has 142 valence electrons. The van der Waals surface area contributed by atoms with Gasteiger partial charge in [-0.15, -0.1) is 0 Å². The zero-order valence-corrected chi connectivity index (χ0v) is 16.9. The van der Waals surface area contributed by atoms with Crippen LogP contribution in [0.2, 0.25) is 5.02 Å². The molecule has 3 rings (SSSR count). The van der Waals surface area contributed by atoms with E-state index < -0.39 is 15.9 Å². The van der Waals surface area contributed by atoms with Gasteiger partial charge >= 0.3 is 0 Å². The normalized spacial score (nSPS) is 11.9. The number of anilines is 1. The maximum Gasteiger partial charge on any atom is 0.291 e. The third kappa shape index (κ3) is 3.45. The summed E-state index contributed by atoms with van der Waals surface area (Å²) < 4.78 is 31.5. The predicted octanol–water partition coefficient (Wildman–Crippen LogP) is 4.21. The lowest BCUT2D eigenvalue weighted by Crippen LogP contribution is -2.22. The quantitative estimate of drug-likeness (QED) is 0.703. The van der Waals surface area contributed by atoms with E-state index in [9.17, 15) is 13.2 Å². The zero-order chi connectivity index (χ0) is 19.9. The summed E-state index contributed by atoms with van der Waals surface area (Å²) >= 11 is 6.14. The number of rotatable bonds is 4. The highest BCUT2D eigenvalue weighted by Crippen LogP contribution is 2.31. The number of benzene rings is 2. The van der Waals surface area contributed by atoms with Gasteiger partial charge in [-0.2, -0.15) is 0 Å². The fraction of sp³-hybridized carbons (Fsp3) is 0.211. The van der Waals surface area contributed by atoms with Crippen molar-refractivity contribution in [2.24, 2.45) is 0 Å². The summed E-state index contributed by atoms with van der Waals surface area (Å²) in [5, 5.41) is 3.92. The van der Waals surface area contributed by atoms with E-state index in [-0.39, 0.29) is 10.7 Å². The number of nitrogens with one attached hydrogen (secondary N) is 1. The topological polar surface area (TPSA) is 79.6 Å². The molecule has 0 aliphatic carbocycles. The van der Waals surface area contributed by atoms with Crippen LogP contribution < -0.4 is 5.32 Å². The molecule has 8 heteroatoms. The minimum Gasteiger partial charge on any atom is -0.449 e. The minimum atomic E-state index is -3.61. The van der Waals surface area contributed by atoms with Gasteiger partial charge in [-0.1, -0.05) is 29.8 Å². The fourth-order valence-electron chi connectivity index (χ4n) is 2.71. The van der Waals surface area contributed by atoms with Crippen LogP contribution in [0.5, 0.6) is 0 Å². The summed E-state index contributed by atoms with van der Waals surface area (Å²) in [6.45, 7) is 3.56. The van der Waals surface area contributed by atoms with Crippen LogP contribution in [0.3, 0.4) is 0 Å². The third-order valence-electron chi connectivity index (χ3n) is 4.36. The molecular formula is C19H19ClN2O4S. The van der Waals surface area contributed by atoms with E-state index in [0.29, 0.717) is 21.9 Å². The van der Waals surface area contributed by atoms with Gasteiger partial charge in [0.2, 0.25) is 10.0 Å². The van der Waals surface area contributed by atoms with Gasteiger partial charge in [0.05, 0.1) is 9.92 Å². The molecule has 1 heterocycles. The van der Waals surface area contributed by atoms with Crippen molar-refractivity contribution in [1.82, 2.24) is 4.31 Å². The predicted molar refractivity (Wildman–Crippen MR) is 106 cm³/mol. The number of nitrogens with zero attached hydrogens (tertiary/aromatic N) is 1. The minimum absolute atomic E-state index is 0.0952. The van der Waals surface area contributed by atoms with Crippen LogP contribution in [0, 0.1) is 13.8 Å². The Balaban J connectivity index is 2.00. The Morgan fingerprint density at radius 2 is 1.85 bits per heavy atom. The van der Waals surface area contributed by atoms with Crippen molar-refractivity contribution >= 4 is 44.2 Å². The van der Waals surface area contributed by atoms with Gasteiger partial charge in [0, 0.05) is 30.7 Å². The van der Waals surface area contributed by atoms with Gasteiger partial charge in [0.1, 0.15) is 0 Å². The lowest BCUT2D eigenvalue weighted by atomic mass is 10.1. The number of halogens is 1. The third-order valence-corrected chi connectivity index (χ3v) is 6.47. The Bertz CT molecular complexity index is 1150. The molecule has 0 unspecified atom stereocenters. The number of amides is 1. The number of para-hydroxylation sites is 1. The van der Waals surface area contributed by atoms with Gasteiger partial charge in [-0.3, -0.25) is 4.79 Å². The maximum absolute atomic E-state index is 12.8. The first-order valence-electron chi connectivity index (χ1n) is 8.15. The number of sulfonamides is 1. The van der Waals surface area contributed by atoms with Gasteiger partial charge < -0.3 is 9.73 Å². The summed E-state index contributed by atoms with van der Waals surface area (Å²) in [6.07, 6.45) is 0. The van der Waals surface area contributed by atoms with Crippen LogP contribution in [-0.4, -0.2) is 32.7 Å². The van der Waals surface area contributed by atoms with Crippen molar-refractivity contribution in [3.05, 3.63) is 58.3 Å². The Kier molecular flexibility index (Phi) is 5.03. The lowest BCUT2D eigenvalue weighted by Gasteiger charge is -2.14. The fourth-order valence-corrected chi connectivity index (χ4v) is 3.85. The Labute approximate surface area is 162 Å². The smallest absolute Gasteiger partial charge is 0.291 e. The highest BCUT2D eigenvalue weighted by molar-refractivity contribution is 7.89. The molecule has 1 aromatic heterocycles. The van der Waals surface area contributed by atoms with E-state index in [0.717, 1.165) is 15.3 Å². The van der Waals surface area contributed by atoms with Crippen LogP contribution in [0.4, 0.5) is 5.69 Å². The molecule has 2 aromatic carbocycles. The highest BCUT2D eigenvalue weighted by Gasteiger charge is 2.22. The molecule has 0 atom stereocenters. The number of hydrogen-bond donors (Lipinski definition) is 1. The van der Waals surface area contributed by atoms with E-state index in [4.69, 9.17) is 16.0 Å². The molecule has 0 spiro atoms. The van der Waals surface area contributed by atoms with Crippen molar-refractivity contribution in [2.75, 3.05) is 19.4 Å². The summed E-state index contributed by atoms with van der Waals surface area (Å²) in [5.41, 5.74) is 2.24. The molecular weight excluding hydrogens is 388 g/mol. The van der Waals surface area contributed by atoms with Crippen molar-refractivity contribution in [1.29, 1.82) is 0 Å². The van der Waals surface area contributed by atoms with E-state index >= 15 is 0 Å². The Morgan fingerprint density at radius 3 is 2.48 bits per heavy atom. The van der Waals surface area contributed by atoms with Crippen LogP contribution >= 0.6 is 11.6 Å². The molecule has 0 aliphatic heterocycles. The first kappa shape index (κ1) is 19.4. The molecule has 0 saturated carbocycles. The van der Waals surface area contributed by atoms with Crippen LogP contribution in [0.25, 0.3) is 11.0 Å². The highest BCUT2D eigenvalue weighted by atomic mass is 35.5. The van der Waals surface area contributed by atoms with E-state index in [2.05, 4.69) is 5.32 Å². The van der Waals surface area contributed by atoms with Crippen LogP contribution in [0.1, 0.15) is 21.7 Å². The Hall–Kier alpha value is -2.35. The standard InChI is InChI=1S/C19H19ClN2O4S/c1-11-8-9-13(27(24,25)22(3)4)10-16(11)21-19(23)17-12(2)14-6-5-7-15(20)18(14)26-17/h5-10H,1-4H3,(H,21,23). The zero-order valence-electron chi connectivity index (χ0n) is 15.3.